The third-order valence-corrected chi connectivity index (χ3v) is 4.85. The van der Waals surface area contributed by atoms with E-state index in [-0.39, 0.29) is 17.5 Å². The fraction of sp³-hybridized carbons (Fsp3) is 0.889. The van der Waals surface area contributed by atoms with Gasteiger partial charge < -0.3 is 0 Å². The molecule has 1 saturated carbocycles. The van der Waals surface area contributed by atoms with Crippen LogP contribution in [0.1, 0.15) is 32.1 Å². The predicted octanol–water partition coefficient (Wildman–Crippen LogP) is 1.07. The highest BCUT2D eigenvalue weighted by Gasteiger charge is 2.26. The van der Waals surface area contributed by atoms with Crippen LogP contribution in [0.15, 0.2) is 4.99 Å². The minimum absolute atomic E-state index is 0.00704. The summed E-state index contributed by atoms with van der Waals surface area (Å²) in [5.41, 5.74) is 0. The number of nitrogens with zero attached hydrogens (tertiary/aromatic N) is 1. The third kappa shape index (κ3) is 3.24. The molecule has 0 unspecified atom stereocenters. The molecule has 0 spiro atoms. The van der Waals surface area contributed by atoms with Gasteiger partial charge in [0.2, 0.25) is 6.08 Å². The van der Waals surface area contributed by atoms with Gasteiger partial charge in [-0.15, -0.1) is 0 Å². The largest absolute Gasteiger partial charge is 0.234 e. The lowest BCUT2D eigenvalue weighted by Crippen LogP contribution is -2.27. The first-order valence-corrected chi connectivity index (χ1v) is 6.63. The fourth-order valence-corrected chi connectivity index (χ4v) is 3.54. The molecule has 0 radical (unpaired) electrons. The van der Waals surface area contributed by atoms with E-state index < -0.39 is 9.84 Å². The summed E-state index contributed by atoms with van der Waals surface area (Å²) in [6.07, 6.45) is 6.03. The number of carbonyl (C=O) groups excluding carboxylic acids is 1. The number of hydrogen-bond acceptors (Lipinski definition) is 4. The summed E-state index contributed by atoms with van der Waals surface area (Å²) in [5.74, 6) is -0.00704. The zero-order chi connectivity index (χ0) is 10.4. The van der Waals surface area contributed by atoms with E-state index in [0.29, 0.717) is 0 Å². The van der Waals surface area contributed by atoms with Crippen LogP contribution in [0, 0.1) is 0 Å². The van der Waals surface area contributed by atoms with E-state index in [4.69, 9.17) is 0 Å². The van der Waals surface area contributed by atoms with Crippen molar-refractivity contribution < 1.29 is 13.2 Å². The standard InChI is InChI=1S/C9H15NO3S/c11-8-10-6-7-14(12,13)9-4-2-1-3-5-9/h9H,1-7H2. The van der Waals surface area contributed by atoms with Crippen LogP contribution in [0.5, 0.6) is 0 Å². The molecule has 0 aromatic carbocycles. The van der Waals surface area contributed by atoms with E-state index in [0.717, 1.165) is 32.1 Å². The molecular formula is C9H15NO3S. The van der Waals surface area contributed by atoms with Gasteiger partial charge in [0.1, 0.15) is 0 Å². The van der Waals surface area contributed by atoms with Gasteiger partial charge in [0, 0.05) is 0 Å². The van der Waals surface area contributed by atoms with Crippen LogP contribution in [0.2, 0.25) is 0 Å². The van der Waals surface area contributed by atoms with Gasteiger partial charge in [-0.1, -0.05) is 19.3 Å². The quantitative estimate of drug-likeness (QED) is 0.522. The number of rotatable bonds is 4. The van der Waals surface area contributed by atoms with Gasteiger partial charge >= 0.3 is 0 Å². The zero-order valence-electron chi connectivity index (χ0n) is 8.11. The Kier molecular flexibility index (Phi) is 4.29. The average molecular weight is 217 g/mol. The van der Waals surface area contributed by atoms with Crippen molar-refractivity contribution in [2.75, 3.05) is 12.3 Å². The molecule has 0 heterocycles. The van der Waals surface area contributed by atoms with Crippen molar-refractivity contribution in [1.82, 2.24) is 0 Å². The first kappa shape index (κ1) is 11.4. The Labute approximate surface area is 84.3 Å². The van der Waals surface area contributed by atoms with Gasteiger partial charge in [0.05, 0.1) is 17.5 Å². The second-order valence-corrected chi connectivity index (χ2v) is 6.00. The highest BCUT2D eigenvalue weighted by atomic mass is 32.2. The maximum atomic E-state index is 11.7. The molecular weight excluding hydrogens is 202 g/mol. The van der Waals surface area contributed by atoms with E-state index in [9.17, 15) is 13.2 Å². The molecule has 0 amide bonds. The van der Waals surface area contributed by atoms with Crippen LogP contribution in [-0.2, 0) is 14.6 Å². The van der Waals surface area contributed by atoms with Gasteiger partial charge in [-0.2, -0.15) is 0 Å². The minimum atomic E-state index is -3.03. The Morgan fingerprint density at radius 2 is 1.86 bits per heavy atom. The number of isocyanates is 1. The molecule has 5 heteroatoms. The van der Waals surface area contributed by atoms with Gasteiger partial charge in [0.25, 0.3) is 0 Å². The maximum absolute atomic E-state index is 11.7. The van der Waals surface area contributed by atoms with E-state index in [2.05, 4.69) is 4.99 Å². The van der Waals surface area contributed by atoms with Crippen molar-refractivity contribution in [3.63, 3.8) is 0 Å². The summed E-state index contributed by atoms with van der Waals surface area (Å²) in [7, 11) is -3.03. The highest BCUT2D eigenvalue weighted by Crippen LogP contribution is 2.23. The van der Waals surface area contributed by atoms with Gasteiger partial charge in [0.15, 0.2) is 9.84 Å². The molecule has 1 rings (SSSR count). The summed E-state index contributed by atoms with van der Waals surface area (Å²) in [6.45, 7) is 0.0579. The van der Waals surface area contributed by atoms with Gasteiger partial charge in [-0.3, -0.25) is 0 Å². The van der Waals surface area contributed by atoms with Crippen molar-refractivity contribution in [2.45, 2.75) is 37.4 Å². The molecule has 1 aliphatic carbocycles. The van der Waals surface area contributed by atoms with Crippen LogP contribution in [0.3, 0.4) is 0 Å². The summed E-state index contributed by atoms with van der Waals surface area (Å²) < 4.78 is 23.3. The minimum Gasteiger partial charge on any atom is -0.228 e. The smallest absolute Gasteiger partial charge is 0.228 e. The molecule has 0 aromatic rings. The highest BCUT2D eigenvalue weighted by molar-refractivity contribution is 7.92. The van der Waals surface area contributed by atoms with E-state index in [1.807, 2.05) is 0 Å². The summed E-state index contributed by atoms with van der Waals surface area (Å²) in [6, 6.07) is 0. The molecule has 0 N–H and O–H groups in total. The molecule has 1 aliphatic rings. The van der Waals surface area contributed by atoms with Crippen LogP contribution >= 0.6 is 0 Å². The molecule has 0 saturated heterocycles. The Balaban J connectivity index is 2.50. The van der Waals surface area contributed by atoms with Crippen molar-refractivity contribution in [3.05, 3.63) is 0 Å². The molecule has 0 atom stereocenters. The molecule has 1 fully saturated rings. The molecule has 0 aromatic heterocycles. The lowest BCUT2D eigenvalue weighted by atomic mass is 10.0. The van der Waals surface area contributed by atoms with E-state index in [1.54, 1.807) is 0 Å². The summed E-state index contributed by atoms with van der Waals surface area (Å²) in [5, 5.41) is -0.196. The Morgan fingerprint density at radius 3 is 2.43 bits per heavy atom. The maximum Gasteiger partial charge on any atom is 0.234 e. The lowest BCUT2D eigenvalue weighted by Gasteiger charge is -2.21. The second-order valence-electron chi connectivity index (χ2n) is 3.60. The van der Waals surface area contributed by atoms with Gasteiger partial charge in [-0.05, 0) is 12.8 Å². The fourth-order valence-electron chi connectivity index (χ4n) is 1.81. The summed E-state index contributed by atoms with van der Waals surface area (Å²) >= 11 is 0. The van der Waals surface area contributed by atoms with E-state index in [1.165, 1.54) is 6.08 Å². The van der Waals surface area contributed by atoms with Crippen LogP contribution in [0.4, 0.5) is 0 Å². The van der Waals surface area contributed by atoms with Crippen LogP contribution in [0.25, 0.3) is 0 Å². The average Bonchev–Trinajstić information content (AvgIpc) is 2.19. The topological polar surface area (TPSA) is 63.6 Å². The second kappa shape index (κ2) is 5.27. The summed E-state index contributed by atoms with van der Waals surface area (Å²) in [4.78, 5) is 13.0. The first-order valence-electron chi connectivity index (χ1n) is 4.92. The van der Waals surface area contributed by atoms with Crippen molar-refractivity contribution in [2.24, 2.45) is 4.99 Å². The molecule has 80 valence electrons. The monoisotopic (exact) mass is 217 g/mol. The number of aliphatic imine (C=N–C) groups is 1. The van der Waals surface area contributed by atoms with Crippen LogP contribution in [-0.4, -0.2) is 32.0 Å². The van der Waals surface area contributed by atoms with Gasteiger partial charge in [-0.25, -0.2) is 18.2 Å². The van der Waals surface area contributed by atoms with Crippen molar-refractivity contribution in [3.8, 4) is 0 Å². The number of sulfone groups is 1. The van der Waals surface area contributed by atoms with Crippen molar-refractivity contribution in [1.29, 1.82) is 0 Å². The molecule has 14 heavy (non-hydrogen) atoms. The van der Waals surface area contributed by atoms with Crippen molar-refractivity contribution >= 4 is 15.9 Å². The van der Waals surface area contributed by atoms with E-state index >= 15 is 0 Å². The normalized spacial score (nSPS) is 18.9. The van der Waals surface area contributed by atoms with Crippen LogP contribution < -0.4 is 0 Å². The number of hydrogen-bond donors (Lipinski definition) is 0. The predicted molar refractivity (Wildman–Crippen MR) is 53.6 cm³/mol. The third-order valence-electron chi connectivity index (χ3n) is 2.61. The first-order chi connectivity index (χ1) is 6.67. The molecule has 0 bridgehead atoms. The molecule has 0 aliphatic heterocycles. The zero-order valence-corrected chi connectivity index (χ0v) is 8.92. The Bertz CT molecular complexity index is 311. The SMILES string of the molecule is O=C=NCCS(=O)(=O)C1CCCCC1. The Morgan fingerprint density at radius 1 is 1.21 bits per heavy atom. The Hall–Kier alpha value is -0.670. The molecule has 4 nitrogen and oxygen atoms in total. The lowest BCUT2D eigenvalue weighted by molar-refractivity contribution is 0.484.